The van der Waals surface area contributed by atoms with Crippen LogP contribution in [-0.2, 0) is 6.54 Å². The Bertz CT molecular complexity index is 839. The summed E-state index contributed by atoms with van der Waals surface area (Å²) < 4.78 is 1.83. The molecule has 0 aliphatic carbocycles. The maximum atomic E-state index is 12.6. The van der Waals surface area contributed by atoms with Gasteiger partial charge in [0.05, 0.1) is 24.9 Å². The van der Waals surface area contributed by atoms with Crippen LogP contribution >= 0.6 is 0 Å². The van der Waals surface area contributed by atoms with Gasteiger partial charge in [0.25, 0.3) is 5.91 Å². The van der Waals surface area contributed by atoms with Crippen LogP contribution in [0.2, 0.25) is 0 Å². The van der Waals surface area contributed by atoms with Crippen LogP contribution in [0.4, 0.5) is 0 Å². The Hall–Kier alpha value is -2.73. The van der Waals surface area contributed by atoms with E-state index >= 15 is 0 Å². The lowest BCUT2D eigenvalue weighted by molar-refractivity contribution is 0.0721. The van der Waals surface area contributed by atoms with Gasteiger partial charge < -0.3 is 10.0 Å². The number of amides is 1. The van der Waals surface area contributed by atoms with E-state index in [1.807, 2.05) is 48.0 Å². The standard InChI is InChI=1S/C19H22N4O2/c1-2-8-22(9-10-24)19(25)17-11-16-13-21-23(18(16)20-12-17)14-15-6-4-3-5-7-15/h3-7,11-13,24H,2,8-10,14H2,1H3. The highest BCUT2D eigenvalue weighted by molar-refractivity contribution is 5.96. The molecule has 1 N–H and O–H groups in total. The largest absolute Gasteiger partial charge is 0.395 e. The minimum Gasteiger partial charge on any atom is -0.395 e. The molecule has 3 rings (SSSR count). The average molecular weight is 338 g/mol. The number of aliphatic hydroxyl groups is 1. The number of rotatable bonds is 7. The van der Waals surface area contributed by atoms with Gasteiger partial charge in [-0.1, -0.05) is 37.3 Å². The van der Waals surface area contributed by atoms with Crippen LogP contribution in [0.15, 0.2) is 48.8 Å². The Labute approximate surface area is 146 Å². The molecule has 0 saturated heterocycles. The molecule has 0 unspecified atom stereocenters. The van der Waals surface area contributed by atoms with Gasteiger partial charge in [0.2, 0.25) is 0 Å². The van der Waals surface area contributed by atoms with Crippen LogP contribution in [0.3, 0.4) is 0 Å². The van der Waals surface area contributed by atoms with Gasteiger partial charge in [-0.3, -0.25) is 4.79 Å². The van der Waals surface area contributed by atoms with Crippen molar-refractivity contribution in [3.8, 4) is 0 Å². The molecule has 0 spiro atoms. The number of aliphatic hydroxyl groups excluding tert-OH is 1. The van der Waals surface area contributed by atoms with E-state index < -0.39 is 0 Å². The van der Waals surface area contributed by atoms with E-state index in [0.717, 1.165) is 23.0 Å². The number of carbonyl (C=O) groups excluding carboxylic acids is 1. The monoisotopic (exact) mass is 338 g/mol. The summed E-state index contributed by atoms with van der Waals surface area (Å²) in [5, 5.41) is 14.4. The molecule has 130 valence electrons. The molecule has 1 aromatic carbocycles. The van der Waals surface area contributed by atoms with Crippen LogP contribution in [0.25, 0.3) is 11.0 Å². The first-order valence-corrected chi connectivity index (χ1v) is 8.48. The summed E-state index contributed by atoms with van der Waals surface area (Å²) in [4.78, 5) is 18.7. The van der Waals surface area contributed by atoms with Gasteiger partial charge in [-0.2, -0.15) is 5.10 Å². The highest BCUT2D eigenvalue weighted by Crippen LogP contribution is 2.16. The lowest BCUT2D eigenvalue weighted by atomic mass is 10.2. The predicted molar refractivity (Wildman–Crippen MR) is 96.4 cm³/mol. The molecule has 0 atom stereocenters. The minimum absolute atomic E-state index is 0.0452. The summed E-state index contributed by atoms with van der Waals surface area (Å²) in [5.41, 5.74) is 2.42. The third-order valence-corrected chi connectivity index (χ3v) is 4.05. The third kappa shape index (κ3) is 3.85. The average Bonchev–Trinajstić information content (AvgIpc) is 3.04. The normalized spacial score (nSPS) is 11.0. The fourth-order valence-electron chi connectivity index (χ4n) is 2.85. The van der Waals surface area contributed by atoms with Crippen molar-refractivity contribution >= 4 is 16.9 Å². The SMILES string of the molecule is CCCN(CCO)C(=O)c1cnc2c(cnn2Cc2ccccc2)c1. The zero-order valence-electron chi connectivity index (χ0n) is 14.3. The van der Waals surface area contributed by atoms with Crippen molar-refractivity contribution in [1.29, 1.82) is 0 Å². The number of aromatic nitrogens is 3. The molecule has 1 amide bonds. The lowest BCUT2D eigenvalue weighted by Crippen LogP contribution is -2.34. The first-order valence-electron chi connectivity index (χ1n) is 8.48. The van der Waals surface area contributed by atoms with Gasteiger partial charge in [0.1, 0.15) is 0 Å². The molecule has 25 heavy (non-hydrogen) atoms. The van der Waals surface area contributed by atoms with Crippen molar-refractivity contribution in [2.75, 3.05) is 19.7 Å². The third-order valence-electron chi connectivity index (χ3n) is 4.05. The van der Waals surface area contributed by atoms with E-state index in [2.05, 4.69) is 10.1 Å². The first kappa shape index (κ1) is 17.1. The van der Waals surface area contributed by atoms with E-state index in [0.29, 0.717) is 25.2 Å². The lowest BCUT2D eigenvalue weighted by Gasteiger charge is -2.20. The highest BCUT2D eigenvalue weighted by atomic mass is 16.3. The second-order valence-electron chi connectivity index (χ2n) is 5.94. The summed E-state index contributed by atoms with van der Waals surface area (Å²) in [6.45, 7) is 3.54. The zero-order valence-corrected chi connectivity index (χ0v) is 14.3. The van der Waals surface area contributed by atoms with Crippen LogP contribution in [0.5, 0.6) is 0 Å². The number of pyridine rings is 1. The van der Waals surface area contributed by atoms with Crippen molar-refractivity contribution in [1.82, 2.24) is 19.7 Å². The highest BCUT2D eigenvalue weighted by Gasteiger charge is 2.16. The molecule has 3 aromatic rings. The van der Waals surface area contributed by atoms with E-state index in [4.69, 9.17) is 5.11 Å². The van der Waals surface area contributed by atoms with Gasteiger partial charge >= 0.3 is 0 Å². The topological polar surface area (TPSA) is 71.2 Å². The van der Waals surface area contributed by atoms with Crippen molar-refractivity contribution < 1.29 is 9.90 Å². The van der Waals surface area contributed by atoms with Crippen LogP contribution in [-0.4, -0.2) is 50.4 Å². The number of hydrogen-bond acceptors (Lipinski definition) is 4. The first-order chi connectivity index (χ1) is 12.2. The van der Waals surface area contributed by atoms with Crippen LogP contribution < -0.4 is 0 Å². The molecular formula is C19H22N4O2. The quantitative estimate of drug-likeness (QED) is 0.718. The fraction of sp³-hybridized carbons (Fsp3) is 0.316. The summed E-state index contributed by atoms with van der Waals surface area (Å²) in [6.07, 6.45) is 4.17. The number of fused-ring (bicyclic) bond motifs is 1. The van der Waals surface area contributed by atoms with Gasteiger partial charge in [0.15, 0.2) is 5.65 Å². The smallest absolute Gasteiger partial charge is 0.255 e. The maximum absolute atomic E-state index is 12.6. The Morgan fingerprint density at radius 3 is 2.72 bits per heavy atom. The van der Waals surface area contributed by atoms with E-state index in [1.54, 1.807) is 17.3 Å². The molecule has 6 heteroatoms. The number of nitrogens with zero attached hydrogens (tertiary/aromatic N) is 4. The van der Waals surface area contributed by atoms with Gasteiger partial charge in [-0.05, 0) is 18.1 Å². The molecule has 0 aliphatic heterocycles. The molecule has 2 heterocycles. The Morgan fingerprint density at radius 2 is 2.00 bits per heavy atom. The van der Waals surface area contributed by atoms with Crippen molar-refractivity contribution in [2.24, 2.45) is 0 Å². The Kier molecular flexibility index (Phi) is 5.40. The second-order valence-corrected chi connectivity index (χ2v) is 5.94. The minimum atomic E-state index is -0.110. The second kappa shape index (κ2) is 7.90. The fourth-order valence-corrected chi connectivity index (χ4v) is 2.85. The van der Waals surface area contributed by atoms with Crippen molar-refractivity contribution in [3.63, 3.8) is 0 Å². The molecule has 6 nitrogen and oxygen atoms in total. The molecule has 0 bridgehead atoms. The number of hydrogen-bond donors (Lipinski definition) is 1. The van der Waals surface area contributed by atoms with Gasteiger partial charge in [-0.15, -0.1) is 0 Å². The summed E-state index contributed by atoms with van der Waals surface area (Å²) >= 11 is 0. The van der Waals surface area contributed by atoms with E-state index in [1.165, 1.54) is 0 Å². The number of carbonyl (C=O) groups is 1. The molecule has 0 fully saturated rings. The van der Waals surface area contributed by atoms with Crippen LogP contribution in [0, 0.1) is 0 Å². The summed E-state index contributed by atoms with van der Waals surface area (Å²) in [6, 6.07) is 11.9. The summed E-state index contributed by atoms with van der Waals surface area (Å²) in [7, 11) is 0. The van der Waals surface area contributed by atoms with Gasteiger partial charge in [0, 0.05) is 24.7 Å². The Morgan fingerprint density at radius 1 is 1.20 bits per heavy atom. The zero-order chi connectivity index (χ0) is 17.6. The van der Waals surface area contributed by atoms with Crippen molar-refractivity contribution in [2.45, 2.75) is 19.9 Å². The van der Waals surface area contributed by atoms with Crippen LogP contribution in [0.1, 0.15) is 29.3 Å². The predicted octanol–water partition coefficient (Wildman–Crippen LogP) is 2.32. The molecular weight excluding hydrogens is 316 g/mol. The number of benzene rings is 1. The molecule has 2 aromatic heterocycles. The summed E-state index contributed by atoms with van der Waals surface area (Å²) in [5.74, 6) is -0.110. The molecule has 0 saturated carbocycles. The Balaban J connectivity index is 1.85. The van der Waals surface area contributed by atoms with E-state index in [9.17, 15) is 4.79 Å². The maximum Gasteiger partial charge on any atom is 0.255 e. The molecule has 0 aliphatic rings. The van der Waals surface area contributed by atoms with Crippen molar-refractivity contribution in [3.05, 3.63) is 59.9 Å². The van der Waals surface area contributed by atoms with Gasteiger partial charge in [-0.25, -0.2) is 9.67 Å². The molecule has 0 radical (unpaired) electrons. The van der Waals surface area contributed by atoms with E-state index in [-0.39, 0.29) is 12.5 Å².